The van der Waals surface area contributed by atoms with E-state index in [4.69, 9.17) is 18.9 Å². The van der Waals surface area contributed by atoms with Crippen molar-refractivity contribution in [2.24, 2.45) is 5.92 Å². The zero-order valence-electron chi connectivity index (χ0n) is 10.8. The monoisotopic (exact) mass is 232 g/mol. The number of hydrogen-bond donors (Lipinski definition) is 0. The maximum atomic E-state index is 5.16. The molecule has 1 atom stereocenters. The van der Waals surface area contributed by atoms with E-state index in [9.17, 15) is 0 Å². The van der Waals surface area contributed by atoms with Gasteiger partial charge in [-0.1, -0.05) is 6.08 Å². The molecule has 16 heavy (non-hydrogen) atoms. The Bertz CT molecular complexity index is 164. The molecule has 0 aromatic heterocycles. The Morgan fingerprint density at radius 1 is 0.875 bits per heavy atom. The third kappa shape index (κ3) is 6.23. The molecule has 0 aliphatic heterocycles. The van der Waals surface area contributed by atoms with Crippen molar-refractivity contribution in [3.8, 4) is 0 Å². The van der Waals surface area contributed by atoms with Gasteiger partial charge in [0.05, 0.1) is 0 Å². The van der Waals surface area contributed by atoms with Gasteiger partial charge in [-0.3, -0.25) is 0 Å². The molecule has 0 fully saturated rings. The summed E-state index contributed by atoms with van der Waals surface area (Å²) in [4.78, 5) is 0. The Morgan fingerprint density at radius 3 is 1.75 bits per heavy atom. The molecule has 0 aliphatic rings. The SMILES string of the molecule is C=CC(CCC(OC)OC)CC(OC)OC. The number of hydrogen-bond acceptors (Lipinski definition) is 4. The lowest BCUT2D eigenvalue weighted by Crippen LogP contribution is -2.19. The van der Waals surface area contributed by atoms with Gasteiger partial charge >= 0.3 is 0 Å². The first-order valence-electron chi connectivity index (χ1n) is 5.45. The lowest BCUT2D eigenvalue weighted by Gasteiger charge is -2.20. The molecule has 0 spiro atoms. The van der Waals surface area contributed by atoms with Gasteiger partial charge in [-0.05, 0) is 18.8 Å². The quantitative estimate of drug-likeness (QED) is 0.427. The standard InChI is InChI=1S/C12H24O4/c1-6-10(9-12(15-4)16-5)7-8-11(13-2)14-3/h6,10-12H,1,7-9H2,2-5H3. The van der Waals surface area contributed by atoms with Gasteiger partial charge in [-0.15, -0.1) is 6.58 Å². The van der Waals surface area contributed by atoms with Gasteiger partial charge in [-0.25, -0.2) is 0 Å². The van der Waals surface area contributed by atoms with Gasteiger partial charge in [0, 0.05) is 34.9 Å². The fourth-order valence-electron chi connectivity index (χ4n) is 1.55. The molecule has 0 aromatic rings. The molecule has 1 unspecified atom stereocenters. The maximum absolute atomic E-state index is 5.16. The Morgan fingerprint density at radius 2 is 1.38 bits per heavy atom. The van der Waals surface area contributed by atoms with Crippen molar-refractivity contribution >= 4 is 0 Å². The summed E-state index contributed by atoms with van der Waals surface area (Å²) in [5.74, 6) is 0.345. The summed E-state index contributed by atoms with van der Waals surface area (Å²) in [6.07, 6.45) is 4.19. The van der Waals surface area contributed by atoms with Crippen molar-refractivity contribution in [3.05, 3.63) is 12.7 Å². The summed E-state index contributed by atoms with van der Waals surface area (Å²) in [5.41, 5.74) is 0. The van der Waals surface area contributed by atoms with E-state index in [1.165, 1.54) is 0 Å². The first-order chi connectivity index (χ1) is 7.71. The lowest BCUT2D eigenvalue weighted by molar-refractivity contribution is -0.120. The molecule has 4 nitrogen and oxygen atoms in total. The second kappa shape index (κ2) is 9.78. The molecule has 0 rings (SSSR count). The van der Waals surface area contributed by atoms with Crippen LogP contribution in [0.4, 0.5) is 0 Å². The third-order valence-corrected chi connectivity index (χ3v) is 2.65. The molecule has 0 aliphatic carbocycles. The van der Waals surface area contributed by atoms with Gasteiger partial charge in [0.2, 0.25) is 0 Å². The average Bonchev–Trinajstić information content (AvgIpc) is 2.34. The zero-order valence-corrected chi connectivity index (χ0v) is 10.8. The minimum absolute atomic E-state index is 0.147. The van der Waals surface area contributed by atoms with Gasteiger partial charge in [0.15, 0.2) is 12.6 Å². The van der Waals surface area contributed by atoms with Crippen LogP contribution in [0.25, 0.3) is 0 Å². The normalized spacial score (nSPS) is 13.4. The van der Waals surface area contributed by atoms with Crippen LogP contribution in [0.5, 0.6) is 0 Å². The van der Waals surface area contributed by atoms with E-state index in [1.54, 1.807) is 28.4 Å². The summed E-state index contributed by atoms with van der Waals surface area (Å²) in [6.45, 7) is 3.82. The summed E-state index contributed by atoms with van der Waals surface area (Å²) in [6, 6.07) is 0. The third-order valence-electron chi connectivity index (χ3n) is 2.65. The highest BCUT2D eigenvalue weighted by molar-refractivity contribution is 4.80. The van der Waals surface area contributed by atoms with E-state index in [1.807, 2.05) is 6.08 Å². The Hall–Kier alpha value is -0.420. The Labute approximate surface area is 98.5 Å². The molecule has 0 saturated heterocycles. The van der Waals surface area contributed by atoms with Gasteiger partial charge in [0.25, 0.3) is 0 Å². The summed E-state index contributed by atoms with van der Waals surface area (Å²) in [7, 11) is 6.57. The fourth-order valence-corrected chi connectivity index (χ4v) is 1.55. The first-order valence-corrected chi connectivity index (χ1v) is 5.45. The molecule has 0 radical (unpaired) electrons. The number of rotatable bonds is 10. The molecule has 4 heteroatoms. The van der Waals surface area contributed by atoms with Crippen LogP contribution in [0.1, 0.15) is 19.3 Å². The Balaban J connectivity index is 3.94. The van der Waals surface area contributed by atoms with E-state index < -0.39 is 0 Å². The zero-order chi connectivity index (χ0) is 12.4. The summed E-state index contributed by atoms with van der Waals surface area (Å²) >= 11 is 0. The topological polar surface area (TPSA) is 36.9 Å². The first kappa shape index (κ1) is 15.6. The van der Waals surface area contributed by atoms with E-state index in [2.05, 4.69) is 6.58 Å². The minimum atomic E-state index is -0.175. The largest absolute Gasteiger partial charge is 0.356 e. The maximum Gasteiger partial charge on any atom is 0.157 e. The summed E-state index contributed by atoms with van der Waals surface area (Å²) < 4.78 is 20.6. The number of methoxy groups -OCH3 is 4. The molecular weight excluding hydrogens is 208 g/mol. The van der Waals surface area contributed by atoms with Crippen LogP contribution < -0.4 is 0 Å². The fraction of sp³-hybridized carbons (Fsp3) is 0.833. The molecule has 0 aromatic carbocycles. The predicted molar refractivity (Wildman–Crippen MR) is 63.2 cm³/mol. The second-order valence-electron chi connectivity index (χ2n) is 3.61. The predicted octanol–water partition coefficient (Wildman–Crippen LogP) is 2.20. The van der Waals surface area contributed by atoms with Crippen LogP contribution in [-0.2, 0) is 18.9 Å². The van der Waals surface area contributed by atoms with Crippen molar-refractivity contribution < 1.29 is 18.9 Å². The van der Waals surface area contributed by atoms with E-state index in [-0.39, 0.29) is 12.6 Å². The Kier molecular flexibility index (Phi) is 9.52. The molecule has 0 heterocycles. The van der Waals surface area contributed by atoms with Crippen molar-refractivity contribution in [2.45, 2.75) is 31.8 Å². The van der Waals surface area contributed by atoms with E-state index in [0.29, 0.717) is 5.92 Å². The number of allylic oxidation sites excluding steroid dienone is 1. The van der Waals surface area contributed by atoms with Crippen LogP contribution >= 0.6 is 0 Å². The molecule has 0 saturated carbocycles. The van der Waals surface area contributed by atoms with Crippen molar-refractivity contribution in [3.63, 3.8) is 0 Å². The van der Waals surface area contributed by atoms with Crippen LogP contribution in [0.2, 0.25) is 0 Å². The summed E-state index contributed by atoms with van der Waals surface area (Å²) in [5, 5.41) is 0. The molecule has 0 N–H and O–H groups in total. The van der Waals surface area contributed by atoms with Crippen LogP contribution in [0.15, 0.2) is 12.7 Å². The minimum Gasteiger partial charge on any atom is -0.356 e. The smallest absolute Gasteiger partial charge is 0.157 e. The average molecular weight is 232 g/mol. The highest BCUT2D eigenvalue weighted by Crippen LogP contribution is 2.18. The molecule has 96 valence electrons. The van der Waals surface area contributed by atoms with E-state index >= 15 is 0 Å². The number of ether oxygens (including phenoxy) is 4. The molecular formula is C12H24O4. The van der Waals surface area contributed by atoms with E-state index in [0.717, 1.165) is 19.3 Å². The van der Waals surface area contributed by atoms with Gasteiger partial charge < -0.3 is 18.9 Å². The second-order valence-corrected chi connectivity index (χ2v) is 3.61. The van der Waals surface area contributed by atoms with Crippen LogP contribution in [-0.4, -0.2) is 41.0 Å². The lowest BCUT2D eigenvalue weighted by atomic mass is 9.99. The highest BCUT2D eigenvalue weighted by Gasteiger charge is 2.15. The molecule has 0 bridgehead atoms. The van der Waals surface area contributed by atoms with Gasteiger partial charge in [0.1, 0.15) is 0 Å². The van der Waals surface area contributed by atoms with Gasteiger partial charge in [-0.2, -0.15) is 0 Å². The molecule has 0 amide bonds. The van der Waals surface area contributed by atoms with Crippen molar-refractivity contribution in [1.29, 1.82) is 0 Å². The van der Waals surface area contributed by atoms with Crippen LogP contribution in [0, 0.1) is 5.92 Å². The van der Waals surface area contributed by atoms with Crippen molar-refractivity contribution in [2.75, 3.05) is 28.4 Å². The van der Waals surface area contributed by atoms with Crippen molar-refractivity contribution in [1.82, 2.24) is 0 Å². The highest BCUT2D eigenvalue weighted by atomic mass is 16.7. The van der Waals surface area contributed by atoms with Crippen LogP contribution in [0.3, 0.4) is 0 Å².